The highest BCUT2D eigenvalue weighted by molar-refractivity contribution is 5.80. The molecule has 1 aliphatic rings. The van der Waals surface area contributed by atoms with Gasteiger partial charge in [0.25, 0.3) is 0 Å². The Morgan fingerprint density at radius 2 is 2.10 bits per heavy atom. The first kappa shape index (κ1) is 15.5. The molecule has 2 N–H and O–H groups in total. The minimum atomic E-state index is -0.948. The van der Waals surface area contributed by atoms with Crippen LogP contribution in [0.25, 0.3) is 6.08 Å². The molecule has 112 valence electrons. The highest BCUT2D eigenvalue weighted by Crippen LogP contribution is 2.40. The van der Waals surface area contributed by atoms with E-state index in [0.717, 1.165) is 18.1 Å². The Morgan fingerprint density at radius 1 is 1.38 bits per heavy atom. The number of rotatable bonds is 3. The van der Waals surface area contributed by atoms with Crippen molar-refractivity contribution in [2.75, 3.05) is 0 Å². The Morgan fingerprint density at radius 3 is 2.76 bits per heavy atom. The number of benzene rings is 1. The molecule has 1 aromatic carbocycles. The van der Waals surface area contributed by atoms with E-state index >= 15 is 0 Å². The van der Waals surface area contributed by atoms with E-state index in [1.54, 1.807) is 6.08 Å². The Hall–Kier alpha value is -1.87. The van der Waals surface area contributed by atoms with Gasteiger partial charge in [0, 0.05) is 12.5 Å². The number of carboxylic acid groups (broad SMARTS) is 1. The molecule has 21 heavy (non-hydrogen) atoms. The molecule has 3 heteroatoms. The SMILES string of the molecule is Cc1ccc2c(c1/C=C/C=C/C(=O)O)[C@H](C)C[C@@](C)(O)C2. The topological polar surface area (TPSA) is 57.5 Å². The van der Waals surface area contributed by atoms with Crippen LogP contribution in [-0.4, -0.2) is 21.8 Å². The maximum absolute atomic E-state index is 10.5. The summed E-state index contributed by atoms with van der Waals surface area (Å²) < 4.78 is 0. The third-order valence-corrected chi connectivity index (χ3v) is 4.02. The molecule has 1 aromatic rings. The van der Waals surface area contributed by atoms with Crippen molar-refractivity contribution in [2.24, 2.45) is 0 Å². The highest BCUT2D eigenvalue weighted by Gasteiger charge is 2.32. The van der Waals surface area contributed by atoms with Gasteiger partial charge in [0.2, 0.25) is 0 Å². The second-order valence-corrected chi connectivity index (χ2v) is 6.20. The van der Waals surface area contributed by atoms with Gasteiger partial charge in [-0.2, -0.15) is 0 Å². The first-order valence-corrected chi connectivity index (χ1v) is 7.22. The van der Waals surface area contributed by atoms with Crippen molar-refractivity contribution in [3.8, 4) is 0 Å². The average molecular weight is 286 g/mol. The molecule has 2 rings (SSSR count). The van der Waals surface area contributed by atoms with Crippen LogP contribution in [0.2, 0.25) is 0 Å². The average Bonchev–Trinajstić information content (AvgIpc) is 2.35. The molecule has 0 spiro atoms. The van der Waals surface area contributed by atoms with Crippen molar-refractivity contribution in [1.82, 2.24) is 0 Å². The van der Waals surface area contributed by atoms with Crippen LogP contribution < -0.4 is 0 Å². The lowest BCUT2D eigenvalue weighted by molar-refractivity contribution is -0.131. The zero-order chi connectivity index (χ0) is 15.6. The molecule has 0 aromatic heterocycles. The Bertz CT molecular complexity index is 609. The van der Waals surface area contributed by atoms with Crippen LogP contribution in [0.4, 0.5) is 0 Å². The fourth-order valence-electron chi connectivity index (χ4n) is 3.28. The summed E-state index contributed by atoms with van der Waals surface area (Å²) in [6, 6.07) is 4.16. The van der Waals surface area contributed by atoms with Crippen molar-refractivity contribution in [3.63, 3.8) is 0 Å². The Kier molecular flexibility index (Phi) is 4.33. The van der Waals surface area contributed by atoms with Gasteiger partial charge in [0.15, 0.2) is 0 Å². The van der Waals surface area contributed by atoms with Gasteiger partial charge in [-0.25, -0.2) is 4.79 Å². The molecule has 0 aliphatic heterocycles. The Labute approximate surface area is 125 Å². The molecule has 3 nitrogen and oxygen atoms in total. The van der Waals surface area contributed by atoms with Gasteiger partial charge in [0.1, 0.15) is 0 Å². The molecule has 0 radical (unpaired) electrons. The van der Waals surface area contributed by atoms with E-state index in [9.17, 15) is 9.90 Å². The van der Waals surface area contributed by atoms with Crippen molar-refractivity contribution < 1.29 is 15.0 Å². The second kappa shape index (κ2) is 5.86. The minimum Gasteiger partial charge on any atom is -0.478 e. The molecule has 0 unspecified atom stereocenters. The van der Waals surface area contributed by atoms with Gasteiger partial charge in [0.05, 0.1) is 5.60 Å². The molecule has 0 fully saturated rings. The number of carbonyl (C=O) groups is 1. The summed E-state index contributed by atoms with van der Waals surface area (Å²) in [6.07, 6.45) is 7.79. The number of carboxylic acids is 1. The second-order valence-electron chi connectivity index (χ2n) is 6.20. The van der Waals surface area contributed by atoms with Gasteiger partial charge >= 0.3 is 5.97 Å². The third kappa shape index (κ3) is 3.61. The van der Waals surface area contributed by atoms with Crippen LogP contribution >= 0.6 is 0 Å². The maximum atomic E-state index is 10.5. The standard InChI is InChI=1S/C18H22O3/c1-12-8-9-14-11-18(3,21)10-13(2)17(14)15(12)6-4-5-7-16(19)20/h4-9,13,21H,10-11H2,1-3H3,(H,19,20)/b6-4+,7-5+/t13-,18-/m1/s1. The number of fused-ring (bicyclic) bond motifs is 1. The molecule has 0 amide bonds. The first-order valence-electron chi connectivity index (χ1n) is 7.22. The highest BCUT2D eigenvalue weighted by atomic mass is 16.4. The van der Waals surface area contributed by atoms with E-state index in [1.807, 2.05) is 13.0 Å². The summed E-state index contributed by atoms with van der Waals surface area (Å²) in [6.45, 7) is 6.08. The van der Waals surface area contributed by atoms with E-state index in [-0.39, 0.29) is 5.92 Å². The van der Waals surface area contributed by atoms with E-state index in [4.69, 9.17) is 5.11 Å². The number of aryl methyl sites for hydroxylation is 1. The maximum Gasteiger partial charge on any atom is 0.328 e. The van der Waals surface area contributed by atoms with Crippen molar-refractivity contribution in [3.05, 3.63) is 52.6 Å². The molecule has 0 saturated heterocycles. The zero-order valence-corrected chi connectivity index (χ0v) is 12.8. The van der Waals surface area contributed by atoms with Gasteiger partial charge in [-0.3, -0.25) is 0 Å². The Balaban J connectivity index is 2.41. The molecule has 1 aliphatic carbocycles. The summed E-state index contributed by atoms with van der Waals surface area (Å²) in [4.78, 5) is 10.5. The van der Waals surface area contributed by atoms with Crippen LogP contribution in [0.5, 0.6) is 0 Å². The van der Waals surface area contributed by atoms with Crippen LogP contribution in [0.3, 0.4) is 0 Å². The predicted octanol–water partition coefficient (Wildman–Crippen LogP) is 3.45. The number of aliphatic hydroxyl groups is 1. The monoisotopic (exact) mass is 286 g/mol. The fraction of sp³-hybridized carbons (Fsp3) is 0.389. The lowest BCUT2D eigenvalue weighted by Crippen LogP contribution is -2.34. The van der Waals surface area contributed by atoms with Crippen LogP contribution in [-0.2, 0) is 11.2 Å². The normalized spacial score (nSPS) is 25.4. The van der Waals surface area contributed by atoms with Crippen LogP contribution in [0.15, 0.2) is 30.4 Å². The summed E-state index contributed by atoms with van der Waals surface area (Å²) in [5.41, 5.74) is 4.13. The van der Waals surface area contributed by atoms with E-state index in [1.165, 1.54) is 22.8 Å². The number of hydrogen-bond acceptors (Lipinski definition) is 2. The van der Waals surface area contributed by atoms with Crippen molar-refractivity contribution in [1.29, 1.82) is 0 Å². The smallest absolute Gasteiger partial charge is 0.328 e. The van der Waals surface area contributed by atoms with Gasteiger partial charge in [-0.15, -0.1) is 0 Å². The van der Waals surface area contributed by atoms with Gasteiger partial charge < -0.3 is 10.2 Å². The van der Waals surface area contributed by atoms with Gasteiger partial charge in [-0.1, -0.05) is 37.3 Å². The number of aliphatic carboxylic acids is 1. The fourth-order valence-corrected chi connectivity index (χ4v) is 3.28. The molecular weight excluding hydrogens is 264 g/mol. The molecule has 2 atom stereocenters. The van der Waals surface area contributed by atoms with E-state index in [0.29, 0.717) is 6.42 Å². The quantitative estimate of drug-likeness (QED) is 0.661. The van der Waals surface area contributed by atoms with E-state index < -0.39 is 11.6 Å². The number of hydrogen-bond donors (Lipinski definition) is 2. The van der Waals surface area contributed by atoms with Crippen molar-refractivity contribution in [2.45, 2.75) is 45.1 Å². The first-order chi connectivity index (χ1) is 9.80. The van der Waals surface area contributed by atoms with Crippen LogP contribution in [0, 0.1) is 6.92 Å². The summed E-state index contributed by atoms with van der Waals surface area (Å²) in [7, 11) is 0. The lowest BCUT2D eigenvalue weighted by atomic mass is 9.73. The van der Waals surface area contributed by atoms with Crippen molar-refractivity contribution >= 4 is 12.0 Å². The zero-order valence-electron chi connectivity index (χ0n) is 12.8. The molecule has 0 heterocycles. The van der Waals surface area contributed by atoms with Crippen LogP contribution in [0.1, 0.15) is 48.4 Å². The summed E-state index contributed by atoms with van der Waals surface area (Å²) in [5, 5.41) is 18.9. The minimum absolute atomic E-state index is 0.284. The summed E-state index contributed by atoms with van der Waals surface area (Å²) in [5.74, 6) is -0.664. The number of allylic oxidation sites excluding steroid dienone is 2. The lowest BCUT2D eigenvalue weighted by Gasteiger charge is -2.35. The third-order valence-electron chi connectivity index (χ3n) is 4.02. The molecule has 0 bridgehead atoms. The molecule has 0 saturated carbocycles. The predicted molar refractivity (Wildman–Crippen MR) is 84.3 cm³/mol. The van der Waals surface area contributed by atoms with Gasteiger partial charge in [-0.05, 0) is 48.4 Å². The summed E-state index contributed by atoms with van der Waals surface area (Å²) >= 11 is 0. The molecular formula is C18H22O3. The largest absolute Gasteiger partial charge is 0.478 e. The van der Waals surface area contributed by atoms with E-state index in [2.05, 4.69) is 26.0 Å².